The minimum absolute atomic E-state index is 0.0766. The summed E-state index contributed by atoms with van der Waals surface area (Å²) in [5.74, 6) is 0.724. The molecule has 1 unspecified atom stereocenters. The Kier molecular flexibility index (Phi) is 6.28. The molecule has 0 radical (unpaired) electrons. The van der Waals surface area contributed by atoms with Gasteiger partial charge >= 0.3 is 0 Å². The first-order valence-electron chi connectivity index (χ1n) is 10.0. The average molecular weight is 389 g/mol. The van der Waals surface area contributed by atoms with Crippen molar-refractivity contribution in [3.63, 3.8) is 0 Å². The normalized spacial score (nSPS) is 12.9. The number of unbranched alkanes of at least 4 members (excludes halogenated alkanes) is 1. The molecule has 0 aromatic heterocycles. The van der Waals surface area contributed by atoms with Gasteiger partial charge in [0.05, 0.1) is 5.41 Å². The predicted octanol–water partition coefficient (Wildman–Crippen LogP) is 6.13. The van der Waals surface area contributed by atoms with Gasteiger partial charge in [0, 0.05) is 0 Å². The van der Waals surface area contributed by atoms with Crippen LogP contribution < -0.4 is 0 Å². The second-order valence-electron chi connectivity index (χ2n) is 7.45. The van der Waals surface area contributed by atoms with Crippen molar-refractivity contribution in [3.05, 3.63) is 102 Å². The van der Waals surface area contributed by atoms with Crippen LogP contribution in [0.1, 0.15) is 43.4 Å². The Morgan fingerprint density at radius 2 is 1.03 bits per heavy atom. The lowest BCUT2D eigenvalue weighted by molar-refractivity contribution is 0.459. The second kappa shape index (κ2) is 8.87. The average Bonchev–Trinajstić information content (AvgIpc) is 2.72. The molecule has 0 bridgehead atoms. The van der Waals surface area contributed by atoms with Gasteiger partial charge in [-0.15, -0.1) is 0 Å². The minimum atomic E-state index is -0.556. The highest BCUT2D eigenvalue weighted by Crippen LogP contribution is 2.47. The van der Waals surface area contributed by atoms with Crippen molar-refractivity contribution in [2.45, 2.75) is 32.1 Å². The first kappa shape index (κ1) is 20.5. The topological polar surface area (TPSA) is 60.7 Å². The van der Waals surface area contributed by atoms with Crippen molar-refractivity contribution >= 4 is 0 Å². The molecular weight excluding hydrogens is 360 g/mol. The molecular formula is C26H28O3. The number of allylic oxidation sites excluding steroid dienone is 2. The van der Waals surface area contributed by atoms with Crippen LogP contribution in [0.2, 0.25) is 0 Å². The van der Waals surface area contributed by atoms with E-state index in [0.717, 1.165) is 29.5 Å². The number of hydrogen-bond donors (Lipinski definition) is 3. The molecule has 0 amide bonds. The predicted molar refractivity (Wildman–Crippen MR) is 117 cm³/mol. The summed E-state index contributed by atoms with van der Waals surface area (Å²) >= 11 is 0. The summed E-state index contributed by atoms with van der Waals surface area (Å²) in [4.78, 5) is 0. The van der Waals surface area contributed by atoms with Crippen LogP contribution >= 0.6 is 0 Å². The van der Waals surface area contributed by atoms with Gasteiger partial charge in [-0.25, -0.2) is 0 Å². The maximum Gasteiger partial charge on any atom is 0.115 e. The highest BCUT2D eigenvalue weighted by atomic mass is 16.3. The van der Waals surface area contributed by atoms with Crippen LogP contribution in [0.4, 0.5) is 0 Å². The van der Waals surface area contributed by atoms with Crippen molar-refractivity contribution in [2.75, 3.05) is 0 Å². The molecule has 3 N–H and O–H groups in total. The number of phenols is 3. The summed E-state index contributed by atoms with van der Waals surface area (Å²) in [6.45, 7) is 4.33. The van der Waals surface area contributed by atoms with E-state index in [1.807, 2.05) is 36.4 Å². The van der Waals surface area contributed by atoms with Crippen molar-refractivity contribution in [1.29, 1.82) is 0 Å². The van der Waals surface area contributed by atoms with Crippen molar-refractivity contribution in [3.8, 4) is 17.2 Å². The van der Waals surface area contributed by atoms with E-state index in [1.54, 1.807) is 36.4 Å². The molecule has 3 nitrogen and oxygen atoms in total. The fourth-order valence-corrected chi connectivity index (χ4v) is 4.07. The van der Waals surface area contributed by atoms with E-state index in [2.05, 4.69) is 26.0 Å². The maximum absolute atomic E-state index is 9.87. The van der Waals surface area contributed by atoms with Crippen molar-refractivity contribution in [1.82, 2.24) is 0 Å². The maximum atomic E-state index is 9.87. The van der Waals surface area contributed by atoms with E-state index in [9.17, 15) is 15.3 Å². The number of hydrogen-bond acceptors (Lipinski definition) is 3. The number of benzene rings is 3. The minimum Gasteiger partial charge on any atom is -0.508 e. The zero-order valence-corrected chi connectivity index (χ0v) is 16.9. The molecule has 0 heterocycles. The standard InChI is InChI=1S/C26H28O3/c1-3-4-5-6-19(2)26(20-7-13-23(27)14-8-20,21-9-15-24(28)16-10-21)22-11-17-25(29)18-12-22/h5-19,27-29H,3-4H2,1-2H3. The van der Waals surface area contributed by atoms with Gasteiger partial charge in [0.15, 0.2) is 0 Å². The fraction of sp³-hybridized carbons (Fsp3) is 0.231. The Balaban J connectivity index is 2.32. The third-order valence-corrected chi connectivity index (χ3v) is 5.53. The van der Waals surface area contributed by atoms with Crippen LogP contribution in [0.25, 0.3) is 0 Å². The lowest BCUT2D eigenvalue weighted by Gasteiger charge is -2.40. The van der Waals surface area contributed by atoms with Crippen molar-refractivity contribution in [2.24, 2.45) is 5.92 Å². The van der Waals surface area contributed by atoms with Gasteiger partial charge in [0.1, 0.15) is 17.2 Å². The molecule has 3 rings (SSSR count). The van der Waals surface area contributed by atoms with E-state index < -0.39 is 5.41 Å². The van der Waals surface area contributed by atoms with Gasteiger partial charge in [0.25, 0.3) is 0 Å². The van der Waals surface area contributed by atoms with Crippen LogP contribution in [0, 0.1) is 5.92 Å². The molecule has 3 heteroatoms. The molecule has 0 saturated carbocycles. The Labute approximate surface area is 172 Å². The van der Waals surface area contributed by atoms with E-state index in [4.69, 9.17) is 0 Å². The van der Waals surface area contributed by atoms with Crippen LogP contribution in [0.3, 0.4) is 0 Å². The molecule has 0 aliphatic heterocycles. The molecule has 0 spiro atoms. The third kappa shape index (κ3) is 4.14. The Bertz CT molecular complexity index is 828. The molecule has 0 aliphatic rings. The van der Waals surface area contributed by atoms with Gasteiger partial charge in [-0.2, -0.15) is 0 Å². The van der Waals surface area contributed by atoms with E-state index in [-0.39, 0.29) is 23.2 Å². The number of phenolic OH excluding ortho intramolecular Hbond substituents is 3. The lowest BCUT2D eigenvalue weighted by Crippen LogP contribution is -2.35. The molecule has 0 fully saturated rings. The molecule has 0 aliphatic carbocycles. The van der Waals surface area contributed by atoms with Gasteiger partial charge in [0.2, 0.25) is 0 Å². The zero-order valence-electron chi connectivity index (χ0n) is 16.9. The molecule has 0 saturated heterocycles. The first-order valence-corrected chi connectivity index (χ1v) is 10.0. The van der Waals surface area contributed by atoms with Crippen LogP contribution in [-0.2, 0) is 5.41 Å². The fourth-order valence-electron chi connectivity index (χ4n) is 4.07. The summed E-state index contributed by atoms with van der Waals surface area (Å²) in [5.41, 5.74) is 2.53. The quantitative estimate of drug-likeness (QED) is 0.337. The molecule has 29 heavy (non-hydrogen) atoms. The monoisotopic (exact) mass is 388 g/mol. The third-order valence-electron chi connectivity index (χ3n) is 5.53. The Hall–Kier alpha value is -3.20. The van der Waals surface area contributed by atoms with Crippen LogP contribution in [0.15, 0.2) is 84.9 Å². The van der Waals surface area contributed by atoms with Crippen LogP contribution in [0.5, 0.6) is 17.2 Å². The second-order valence-corrected chi connectivity index (χ2v) is 7.45. The van der Waals surface area contributed by atoms with Gasteiger partial charge < -0.3 is 15.3 Å². The van der Waals surface area contributed by atoms with E-state index in [0.29, 0.717) is 0 Å². The molecule has 3 aromatic rings. The van der Waals surface area contributed by atoms with Crippen LogP contribution in [-0.4, -0.2) is 15.3 Å². The lowest BCUT2D eigenvalue weighted by atomic mass is 9.62. The number of rotatable bonds is 7. The van der Waals surface area contributed by atoms with E-state index in [1.165, 1.54) is 0 Å². The largest absolute Gasteiger partial charge is 0.508 e. The summed E-state index contributed by atoms with van der Waals surface area (Å²) in [6, 6.07) is 21.9. The van der Waals surface area contributed by atoms with Gasteiger partial charge in [-0.3, -0.25) is 0 Å². The Morgan fingerprint density at radius 3 is 1.34 bits per heavy atom. The van der Waals surface area contributed by atoms with Gasteiger partial charge in [-0.1, -0.05) is 68.8 Å². The summed E-state index contributed by atoms with van der Waals surface area (Å²) in [7, 11) is 0. The number of aromatic hydroxyl groups is 3. The summed E-state index contributed by atoms with van der Waals surface area (Å²) < 4.78 is 0. The Morgan fingerprint density at radius 1 is 0.690 bits per heavy atom. The molecule has 3 aromatic carbocycles. The molecule has 1 atom stereocenters. The summed E-state index contributed by atoms with van der Waals surface area (Å²) in [5, 5.41) is 29.6. The SMILES string of the molecule is CCCC=CC(C)C(c1ccc(O)cc1)(c1ccc(O)cc1)c1ccc(O)cc1. The highest BCUT2D eigenvalue weighted by Gasteiger charge is 2.40. The smallest absolute Gasteiger partial charge is 0.115 e. The van der Waals surface area contributed by atoms with E-state index >= 15 is 0 Å². The molecule has 150 valence electrons. The zero-order chi connectivity index (χ0) is 20.9. The summed E-state index contributed by atoms with van der Waals surface area (Å²) in [6.07, 6.45) is 6.52. The van der Waals surface area contributed by atoms with Crippen molar-refractivity contribution < 1.29 is 15.3 Å². The highest BCUT2D eigenvalue weighted by molar-refractivity contribution is 5.54. The first-order chi connectivity index (χ1) is 14.0. The van der Waals surface area contributed by atoms with Gasteiger partial charge in [-0.05, 0) is 65.4 Å².